The minimum Gasteiger partial charge on any atom is -0.325 e. The fraction of sp³-hybridized carbons (Fsp3) is 0.278. The molecule has 0 bridgehead atoms. The number of nitrogens with zero attached hydrogens (tertiary/aromatic N) is 3. The molecule has 0 aliphatic carbocycles. The normalized spacial score (nSPS) is 17.7. The standard InChI is InChI=1S/C18H17N3O2S/c1-12-9-21(16-6-4-3-5-14(16)8-19)17(22)10-20(12)18(23)15-7-13(2)24-11-15/h3-7,11-12H,9-10H2,1-2H3/t12-/m1/s1. The third-order valence-corrected chi connectivity index (χ3v) is 5.00. The molecule has 1 atom stereocenters. The Morgan fingerprint density at radius 2 is 2.12 bits per heavy atom. The fourth-order valence-electron chi connectivity index (χ4n) is 2.88. The van der Waals surface area contributed by atoms with Crippen LogP contribution in [0, 0.1) is 18.3 Å². The minimum absolute atomic E-state index is 0.0225. The number of benzene rings is 1. The van der Waals surface area contributed by atoms with Gasteiger partial charge in [0.15, 0.2) is 0 Å². The van der Waals surface area contributed by atoms with Gasteiger partial charge in [-0.05, 0) is 32.0 Å². The number of carbonyl (C=O) groups is 2. The zero-order chi connectivity index (χ0) is 17.3. The van der Waals surface area contributed by atoms with Crippen LogP contribution in [0.5, 0.6) is 0 Å². The Labute approximate surface area is 144 Å². The Morgan fingerprint density at radius 1 is 1.38 bits per heavy atom. The van der Waals surface area contributed by atoms with Crippen molar-refractivity contribution >= 4 is 28.8 Å². The summed E-state index contributed by atoms with van der Waals surface area (Å²) in [5.41, 5.74) is 1.70. The Bertz CT molecular complexity index is 837. The van der Waals surface area contributed by atoms with E-state index in [0.717, 1.165) is 4.88 Å². The second kappa shape index (κ2) is 6.46. The van der Waals surface area contributed by atoms with Gasteiger partial charge in [0.1, 0.15) is 12.6 Å². The number of aryl methyl sites for hydroxylation is 1. The minimum atomic E-state index is -0.170. The summed E-state index contributed by atoms with van der Waals surface area (Å²) in [6, 6.07) is 10.9. The van der Waals surface area contributed by atoms with E-state index in [9.17, 15) is 14.9 Å². The molecule has 2 amide bonds. The summed E-state index contributed by atoms with van der Waals surface area (Å²) in [6.45, 7) is 4.28. The van der Waals surface area contributed by atoms with E-state index in [1.54, 1.807) is 34.1 Å². The number of rotatable bonds is 2. The summed E-state index contributed by atoms with van der Waals surface area (Å²) >= 11 is 1.52. The lowest BCUT2D eigenvalue weighted by molar-refractivity contribution is -0.121. The van der Waals surface area contributed by atoms with Crippen molar-refractivity contribution in [1.29, 1.82) is 5.26 Å². The number of thiophene rings is 1. The van der Waals surface area contributed by atoms with Gasteiger partial charge in [-0.1, -0.05) is 12.1 Å². The lowest BCUT2D eigenvalue weighted by atomic mass is 10.1. The maximum absolute atomic E-state index is 12.6. The molecule has 5 nitrogen and oxygen atoms in total. The maximum Gasteiger partial charge on any atom is 0.255 e. The van der Waals surface area contributed by atoms with Gasteiger partial charge >= 0.3 is 0 Å². The smallest absolute Gasteiger partial charge is 0.255 e. The molecule has 1 aromatic carbocycles. The molecular weight excluding hydrogens is 322 g/mol. The SMILES string of the molecule is Cc1cc(C(=O)N2CC(=O)N(c3ccccc3C#N)C[C@H]2C)cs1. The number of anilines is 1. The molecular formula is C18H17N3O2S. The molecule has 1 aliphatic heterocycles. The van der Waals surface area contributed by atoms with E-state index in [-0.39, 0.29) is 24.4 Å². The molecule has 2 heterocycles. The topological polar surface area (TPSA) is 64.4 Å². The number of para-hydroxylation sites is 1. The molecule has 0 saturated carbocycles. The van der Waals surface area contributed by atoms with Crippen LogP contribution in [-0.4, -0.2) is 35.8 Å². The Morgan fingerprint density at radius 3 is 2.79 bits per heavy atom. The molecule has 3 rings (SSSR count). The van der Waals surface area contributed by atoms with E-state index in [2.05, 4.69) is 6.07 Å². The van der Waals surface area contributed by atoms with Crippen molar-refractivity contribution in [3.8, 4) is 6.07 Å². The Kier molecular flexibility index (Phi) is 4.36. The molecule has 24 heavy (non-hydrogen) atoms. The summed E-state index contributed by atoms with van der Waals surface area (Å²) in [5.74, 6) is -0.287. The number of nitriles is 1. The van der Waals surface area contributed by atoms with E-state index >= 15 is 0 Å². The molecule has 1 aromatic heterocycles. The molecule has 6 heteroatoms. The van der Waals surface area contributed by atoms with Gasteiger partial charge in [0.25, 0.3) is 5.91 Å². The summed E-state index contributed by atoms with van der Waals surface area (Å²) in [4.78, 5) is 29.5. The van der Waals surface area contributed by atoms with E-state index < -0.39 is 0 Å². The molecule has 1 aliphatic rings. The van der Waals surface area contributed by atoms with Crippen LogP contribution >= 0.6 is 11.3 Å². The summed E-state index contributed by atoms with van der Waals surface area (Å²) in [6.07, 6.45) is 0. The average Bonchev–Trinajstić information content (AvgIpc) is 3.02. The van der Waals surface area contributed by atoms with E-state index in [1.807, 2.05) is 25.3 Å². The second-order valence-electron chi connectivity index (χ2n) is 5.86. The van der Waals surface area contributed by atoms with Crippen LogP contribution in [0.4, 0.5) is 5.69 Å². The summed E-state index contributed by atoms with van der Waals surface area (Å²) in [5, 5.41) is 11.1. The van der Waals surface area contributed by atoms with E-state index in [1.165, 1.54) is 11.3 Å². The molecule has 122 valence electrons. The predicted molar refractivity (Wildman–Crippen MR) is 93.1 cm³/mol. The summed E-state index contributed by atoms with van der Waals surface area (Å²) in [7, 11) is 0. The van der Waals surface area contributed by atoms with Gasteiger partial charge < -0.3 is 9.80 Å². The monoisotopic (exact) mass is 339 g/mol. The van der Waals surface area contributed by atoms with Gasteiger partial charge in [0.05, 0.1) is 16.8 Å². The van der Waals surface area contributed by atoms with E-state index in [0.29, 0.717) is 23.4 Å². The molecule has 1 fully saturated rings. The zero-order valence-corrected chi connectivity index (χ0v) is 14.3. The first-order valence-electron chi connectivity index (χ1n) is 7.67. The molecule has 0 N–H and O–H groups in total. The van der Waals surface area contributed by atoms with Gasteiger partial charge in [-0.2, -0.15) is 5.26 Å². The van der Waals surface area contributed by atoms with Crippen molar-refractivity contribution in [1.82, 2.24) is 4.90 Å². The van der Waals surface area contributed by atoms with Crippen molar-refractivity contribution in [2.75, 3.05) is 18.0 Å². The van der Waals surface area contributed by atoms with Crippen molar-refractivity contribution in [3.05, 3.63) is 51.7 Å². The Hall–Kier alpha value is -2.65. The molecule has 0 unspecified atom stereocenters. The first-order valence-corrected chi connectivity index (χ1v) is 8.55. The Balaban J connectivity index is 1.83. The molecule has 0 radical (unpaired) electrons. The number of amides is 2. The van der Waals surface area contributed by atoms with Gasteiger partial charge in [-0.15, -0.1) is 11.3 Å². The van der Waals surface area contributed by atoms with Crippen LogP contribution in [0.2, 0.25) is 0 Å². The number of hydrogen-bond donors (Lipinski definition) is 0. The lowest BCUT2D eigenvalue weighted by Gasteiger charge is -2.39. The maximum atomic E-state index is 12.6. The van der Waals surface area contributed by atoms with Crippen LogP contribution in [-0.2, 0) is 4.79 Å². The first-order chi connectivity index (χ1) is 11.5. The van der Waals surface area contributed by atoms with Crippen molar-refractivity contribution in [2.24, 2.45) is 0 Å². The highest BCUT2D eigenvalue weighted by Gasteiger charge is 2.34. The fourth-order valence-corrected chi connectivity index (χ4v) is 3.56. The number of carbonyl (C=O) groups excluding carboxylic acids is 2. The van der Waals surface area contributed by atoms with Crippen molar-refractivity contribution in [2.45, 2.75) is 19.9 Å². The highest BCUT2D eigenvalue weighted by atomic mass is 32.1. The third-order valence-electron chi connectivity index (χ3n) is 4.14. The van der Waals surface area contributed by atoms with Gasteiger partial charge in [0, 0.05) is 22.8 Å². The largest absolute Gasteiger partial charge is 0.325 e. The van der Waals surface area contributed by atoms with Crippen LogP contribution in [0.15, 0.2) is 35.7 Å². The molecule has 0 spiro atoms. The van der Waals surface area contributed by atoms with Crippen LogP contribution < -0.4 is 4.90 Å². The van der Waals surface area contributed by atoms with Gasteiger partial charge in [0.2, 0.25) is 5.91 Å². The first kappa shape index (κ1) is 16.2. The molecule has 1 saturated heterocycles. The van der Waals surface area contributed by atoms with Gasteiger partial charge in [-0.25, -0.2) is 0 Å². The van der Waals surface area contributed by atoms with Crippen LogP contribution in [0.25, 0.3) is 0 Å². The van der Waals surface area contributed by atoms with Crippen molar-refractivity contribution in [3.63, 3.8) is 0 Å². The quantitative estimate of drug-likeness (QED) is 0.845. The highest BCUT2D eigenvalue weighted by molar-refractivity contribution is 7.10. The third kappa shape index (κ3) is 2.91. The number of hydrogen-bond acceptors (Lipinski definition) is 4. The predicted octanol–water partition coefficient (Wildman–Crippen LogP) is 2.81. The zero-order valence-electron chi connectivity index (χ0n) is 13.5. The second-order valence-corrected chi connectivity index (χ2v) is 6.98. The summed E-state index contributed by atoms with van der Waals surface area (Å²) < 4.78 is 0. The number of piperazine rings is 1. The average molecular weight is 339 g/mol. The van der Waals surface area contributed by atoms with Gasteiger partial charge in [-0.3, -0.25) is 9.59 Å². The molecule has 2 aromatic rings. The van der Waals surface area contributed by atoms with Crippen LogP contribution in [0.1, 0.15) is 27.7 Å². The van der Waals surface area contributed by atoms with Crippen LogP contribution in [0.3, 0.4) is 0 Å². The van der Waals surface area contributed by atoms with E-state index in [4.69, 9.17) is 0 Å². The highest BCUT2D eigenvalue weighted by Crippen LogP contribution is 2.25. The van der Waals surface area contributed by atoms with Crippen molar-refractivity contribution < 1.29 is 9.59 Å². The lowest BCUT2D eigenvalue weighted by Crippen LogP contribution is -2.57.